The summed E-state index contributed by atoms with van der Waals surface area (Å²) in [5.41, 5.74) is 0. The summed E-state index contributed by atoms with van der Waals surface area (Å²) in [6.07, 6.45) is 1.74. The molecule has 1 heterocycles. The Morgan fingerprint density at radius 3 is 2.47 bits per heavy atom. The highest BCUT2D eigenvalue weighted by molar-refractivity contribution is 7.89. The normalized spacial score (nSPS) is 20.7. The van der Waals surface area contributed by atoms with E-state index in [0.717, 1.165) is 12.8 Å². The lowest BCUT2D eigenvalue weighted by Gasteiger charge is -2.30. The molecule has 0 amide bonds. The molecule has 0 radical (unpaired) electrons. The summed E-state index contributed by atoms with van der Waals surface area (Å²) < 4.78 is 29.8. The van der Waals surface area contributed by atoms with Crippen molar-refractivity contribution in [2.75, 3.05) is 38.4 Å². The number of alkyl halides is 1. The van der Waals surface area contributed by atoms with Gasteiger partial charge in [-0.05, 0) is 18.8 Å². The Morgan fingerprint density at radius 2 is 2.00 bits per heavy atom. The number of piperidine rings is 1. The van der Waals surface area contributed by atoms with Crippen molar-refractivity contribution in [3.63, 3.8) is 0 Å². The first-order chi connectivity index (χ1) is 7.10. The molecular formula is C9H18ClNO3S. The highest BCUT2D eigenvalue weighted by atomic mass is 35.5. The number of nitrogens with zero attached hydrogens (tertiary/aromatic N) is 1. The third-order valence-electron chi connectivity index (χ3n) is 2.73. The van der Waals surface area contributed by atoms with Gasteiger partial charge in [-0.1, -0.05) is 0 Å². The topological polar surface area (TPSA) is 46.6 Å². The quantitative estimate of drug-likeness (QED) is 0.687. The van der Waals surface area contributed by atoms with Crippen LogP contribution in [0.1, 0.15) is 12.8 Å². The largest absolute Gasteiger partial charge is 0.384 e. The van der Waals surface area contributed by atoms with Gasteiger partial charge < -0.3 is 4.74 Å². The van der Waals surface area contributed by atoms with Crippen molar-refractivity contribution in [1.82, 2.24) is 4.31 Å². The molecule has 6 heteroatoms. The van der Waals surface area contributed by atoms with Crippen LogP contribution >= 0.6 is 11.6 Å². The molecule has 0 saturated carbocycles. The number of sulfonamides is 1. The molecule has 0 N–H and O–H groups in total. The fraction of sp³-hybridized carbons (Fsp3) is 1.00. The molecule has 0 spiro atoms. The van der Waals surface area contributed by atoms with Gasteiger partial charge in [0.15, 0.2) is 0 Å². The molecule has 1 saturated heterocycles. The van der Waals surface area contributed by atoms with E-state index in [0.29, 0.717) is 24.9 Å². The molecule has 0 aromatic carbocycles. The summed E-state index contributed by atoms with van der Waals surface area (Å²) >= 11 is 5.74. The first-order valence-electron chi connectivity index (χ1n) is 5.13. The van der Waals surface area contributed by atoms with E-state index in [-0.39, 0.29) is 12.4 Å². The average molecular weight is 256 g/mol. The van der Waals surface area contributed by atoms with Gasteiger partial charge in [-0.15, -0.1) is 11.6 Å². The molecule has 0 bridgehead atoms. The Labute approximate surface area is 96.6 Å². The molecule has 0 atom stereocenters. The van der Waals surface area contributed by atoms with Crippen molar-refractivity contribution >= 4 is 21.6 Å². The van der Waals surface area contributed by atoms with E-state index in [4.69, 9.17) is 16.3 Å². The molecule has 1 aliphatic rings. The Hall–Kier alpha value is 0.160. The van der Waals surface area contributed by atoms with Crippen molar-refractivity contribution in [3.8, 4) is 0 Å². The van der Waals surface area contributed by atoms with Gasteiger partial charge in [0.1, 0.15) is 0 Å². The van der Waals surface area contributed by atoms with E-state index in [9.17, 15) is 8.42 Å². The molecule has 1 fully saturated rings. The first kappa shape index (κ1) is 13.2. The van der Waals surface area contributed by atoms with E-state index in [1.165, 1.54) is 7.11 Å². The maximum atomic E-state index is 11.8. The summed E-state index contributed by atoms with van der Waals surface area (Å²) in [7, 11) is -1.60. The van der Waals surface area contributed by atoms with Gasteiger partial charge in [0.2, 0.25) is 10.0 Å². The number of hydrogen-bond acceptors (Lipinski definition) is 3. The zero-order chi connectivity index (χ0) is 11.3. The van der Waals surface area contributed by atoms with Gasteiger partial charge in [-0.25, -0.2) is 12.7 Å². The second-order valence-corrected chi connectivity index (χ2v) is 6.20. The fourth-order valence-corrected chi connectivity index (χ4v) is 3.37. The second kappa shape index (κ2) is 6.03. The van der Waals surface area contributed by atoms with E-state index in [1.807, 2.05) is 0 Å². The summed E-state index contributed by atoms with van der Waals surface area (Å²) in [5, 5.41) is 0. The summed E-state index contributed by atoms with van der Waals surface area (Å²) in [4.78, 5) is 0. The van der Waals surface area contributed by atoms with E-state index in [2.05, 4.69) is 0 Å². The van der Waals surface area contributed by atoms with Gasteiger partial charge in [0.05, 0.1) is 12.4 Å². The Bertz CT molecular complexity index is 273. The molecule has 0 unspecified atom stereocenters. The predicted molar refractivity (Wildman–Crippen MR) is 60.7 cm³/mol. The highest BCUT2D eigenvalue weighted by Crippen LogP contribution is 2.20. The minimum atomic E-state index is -3.11. The van der Waals surface area contributed by atoms with Gasteiger partial charge in [0, 0.05) is 26.1 Å². The van der Waals surface area contributed by atoms with Crippen LogP contribution in [0.5, 0.6) is 0 Å². The van der Waals surface area contributed by atoms with Crippen LogP contribution in [0, 0.1) is 5.92 Å². The molecule has 0 aromatic rings. The smallest absolute Gasteiger partial charge is 0.216 e. The Morgan fingerprint density at radius 1 is 1.40 bits per heavy atom. The van der Waals surface area contributed by atoms with E-state index < -0.39 is 10.0 Å². The minimum absolute atomic E-state index is 0.0784. The van der Waals surface area contributed by atoms with Crippen LogP contribution in [-0.2, 0) is 14.8 Å². The minimum Gasteiger partial charge on any atom is -0.384 e. The number of rotatable bonds is 5. The lowest BCUT2D eigenvalue weighted by molar-refractivity contribution is 0.213. The van der Waals surface area contributed by atoms with Crippen LogP contribution in [0.15, 0.2) is 0 Å². The van der Waals surface area contributed by atoms with Crippen LogP contribution in [0.4, 0.5) is 0 Å². The monoisotopic (exact) mass is 255 g/mol. The van der Waals surface area contributed by atoms with Gasteiger partial charge in [-0.3, -0.25) is 0 Å². The van der Waals surface area contributed by atoms with Crippen LogP contribution in [-0.4, -0.2) is 51.2 Å². The second-order valence-electron chi connectivity index (χ2n) is 3.81. The van der Waals surface area contributed by atoms with E-state index >= 15 is 0 Å². The van der Waals surface area contributed by atoms with Crippen molar-refractivity contribution < 1.29 is 13.2 Å². The van der Waals surface area contributed by atoms with Crippen LogP contribution in [0.2, 0.25) is 0 Å². The van der Waals surface area contributed by atoms with Crippen molar-refractivity contribution in [1.29, 1.82) is 0 Å². The first-order valence-corrected chi connectivity index (χ1v) is 7.27. The predicted octanol–water partition coefficient (Wildman–Crippen LogP) is 0.913. The molecule has 1 aliphatic heterocycles. The van der Waals surface area contributed by atoms with Crippen molar-refractivity contribution in [2.45, 2.75) is 12.8 Å². The third-order valence-corrected chi connectivity index (χ3v) is 5.00. The molecule has 15 heavy (non-hydrogen) atoms. The molecule has 90 valence electrons. The average Bonchev–Trinajstić information content (AvgIpc) is 2.26. The Kier molecular flexibility index (Phi) is 5.32. The lowest BCUT2D eigenvalue weighted by Crippen LogP contribution is -2.40. The Balaban J connectivity index is 2.45. The molecule has 0 aliphatic carbocycles. The van der Waals surface area contributed by atoms with E-state index in [1.54, 1.807) is 4.31 Å². The molecule has 4 nitrogen and oxygen atoms in total. The van der Waals surface area contributed by atoms with Crippen LogP contribution < -0.4 is 0 Å². The number of ether oxygens (including phenoxy) is 1. The summed E-state index contributed by atoms with van der Waals surface area (Å²) in [6, 6.07) is 0. The lowest BCUT2D eigenvalue weighted by atomic mass is 10.0. The zero-order valence-electron chi connectivity index (χ0n) is 8.99. The number of hydrogen-bond donors (Lipinski definition) is 0. The summed E-state index contributed by atoms with van der Waals surface area (Å²) in [6.45, 7) is 1.46. The van der Waals surface area contributed by atoms with Crippen LogP contribution in [0.3, 0.4) is 0 Å². The summed E-state index contributed by atoms with van der Waals surface area (Å²) in [5.74, 6) is 1.18. The SMILES string of the molecule is COCCS(=O)(=O)N1CCC(CCl)CC1. The zero-order valence-corrected chi connectivity index (χ0v) is 10.6. The molecule has 1 rings (SSSR count). The van der Waals surface area contributed by atoms with Gasteiger partial charge in [0.25, 0.3) is 0 Å². The van der Waals surface area contributed by atoms with Gasteiger partial charge >= 0.3 is 0 Å². The number of methoxy groups -OCH3 is 1. The standard InChI is InChI=1S/C9H18ClNO3S/c1-14-6-7-15(12,13)11-4-2-9(8-10)3-5-11/h9H,2-8H2,1H3. The maximum Gasteiger partial charge on any atom is 0.216 e. The fourth-order valence-electron chi connectivity index (χ4n) is 1.66. The number of halogens is 1. The molecule has 0 aromatic heterocycles. The van der Waals surface area contributed by atoms with Crippen LogP contribution in [0.25, 0.3) is 0 Å². The van der Waals surface area contributed by atoms with Crippen molar-refractivity contribution in [3.05, 3.63) is 0 Å². The third kappa shape index (κ3) is 3.90. The molecular weight excluding hydrogens is 238 g/mol. The highest BCUT2D eigenvalue weighted by Gasteiger charge is 2.27. The van der Waals surface area contributed by atoms with Gasteiger partial charge in [-0.2, -0.15) is 0 Å². The maximum absolute atomic E-state index is 11.8. The van der Waals surface area contributed by atoms with Crippen molar-refractivity contribution in [2.24, 2.45) is 5.92 Å².